The molecule has 4 rings (SSSR count). The molecular formula is C15H20N4OS. The maximum atomic E-state index is 5.90. The molecule has 2 aliphatic rings. The van der Waals surface area contributed by atoms with Crippen LogP contribution in [-0.2, 0) is 18.3 Å². The fraction of sp³-hybridized carbons (Fsp3) is 0.600. The molecule has 6 heteroatoms. The van der Waals surface area contributed by atoms with Crippen LogP contribution in [0.2, 0.25) is 0 Å². The Morgan fingerprint density at radius 2 is 2.33 bits per heavy atom. The number of hydrogen-bond donors (Lipinski definition) is 0. The summed E-state index contributed by atoms with van der Waals surface area (Å²) in [6.07, 6.45) is 2.71. The van der Waals surface area contributed by atoms with Crippen LogP contribution in [0.4, 0.5) is 0 Å². The molecule has 1 unspecified atom stereocenters. The summed E-state index contributed by atoms with van der Waals surface area (Å²) in [6.45, 7) is 3.55. The van der Waals surface area contributed by atoms with Crippen LogP contribution >= 0.6 is 11.3 Å². The van der Waals surface area contributed by atoms with Crippen molar-refractivity contribution in [3.63, 3.8) is 0 Å². The van der Waals surface area contributed by atoms with Gasteiger partial charge in [0.25, 0.3) is 0 Å². The lowest BCUT2D eigenvalue weighted by molar-refractivity contribution is -0.0321. The van der Waals surface area contributed by atoms with E-state index in [0.717, 1.165) is 37.9 Å². The van der Waals surface area contributed by atoms with Crippen molar-refractivity contribution in [3.8, 4) is 0 Å². The highest BCUT2D eigenvalue weighted by Crippen LogP contribution is 2.38. The highest BCUT2D eigenvalue weighted by atomic mass is 32.1. The summed E-state index contributed by atoms with van der Waals surface area (Å²) in [5, 5.41) is 6.67. The van der Waals surface area contributed by atoms with E-state index in [9.17, 15) is 0 Å². The Labute approximate surface area is 128 Å². The molecule has 0 amide bonds. The monoisotopic (exact) mass is 304 g/mol. The number of hydrogen-bond acceptors (Lipinski definition) is 5. The molecule has 1 aliphatic carbocycles. The molecule has 3 heterocycles. The fourth-order valence-electron chi connectivity index (χ4n) is 2.78. The SMILES string of the molecule is Cn1nc(C2CC2)nc1CN1CCOC(c2cccs2)C1. The van der Waals surface area contributed by atoms with Crippen LogP contribution in [0.5, 0.6) is 0 Å². The smallest absolute Gasteiger partial charge is 0.154 e. The summed E-state index contributed by atoms with van der Waals surface area (Å²) in [6, 6.07) is 4.25. The topological polar surface area (TPSA) is 43.2 Å². The summed E-state index contributed by atoms with van der Waals surface area (Å²) in [5.41, 5.74) is 0. The zero-order chi connectivity index (χ0) is 14.2. The average Bonchev–Trinajstić information content (AvgIpc) is 3.07. The second kappa shape index (κ2) is 5.51. The van der Waals surface area contributed by atoms with Gasteiger partial charge in [0.05, 0.1) is 13.2 Å². The number of nitrogens with zero attached hydrogens (tertiary/aromatic N) is 4. The minimum Gasteiger partial charge on any atom is -0.370 e. The van der Waals surface area contributed by atoms with Gasteiger partial charge in [0.1, 0.15) is 11.9 Å². The van der Waals surface area contributed by atoms with Gasteiger partial charge in [-0.2, -0.15) is 5.10 Å². The molecular weight excluding hydrogens is 284 g/mol. The Morgan fingerprint density at radius 1 is 1.43 bits per heavy atom. The van der Waals surface area contributed by atoms with Crippen molar-refractivity contribution in [1.82, 2.24) is 19.7 Å². The number of rotatable bonds is 4. The van der Waals surface area contributed by atoms with Crippen molar-refractivity contribution in [2.75, 3.05) is 19.7 Å². The minimum atomic E-state index is 0.204. The predicted molar refractivity (Wildman–Crippen MR) is 81.3 cm³/mol. The van der Waals surface area contributed by atoms with Crippen molar-refractivity contribution in [2.24, 2.45) is 7.05 Å². The minimum absolute atomic E-state index is 0.204. The van der Waals surface area contributed by atoms with Gasteiger partial charge in [-0.25, -0.2) is 4.98 Å². The summed E-state index contributed by atoms with van der Waals surface area (Å²) in [4.78, 5) is 8.47. The summed E-state index contributed by atoms with van der Waals surface area (Å²) in [5.74, 6) is 2.73. The molecule has 1 saturated heterocycles. The lowest BCUT2D eigenvalue weighted by Crippen LogP contribution is -2.38. The van der Waals surface area contributed by atoms with Gasteiger partial charge in [-0.15, -0.1) is 11.3 Å². The van der Waals surface area contributed by atoms with Crippen molar-refractivity contribution in [2.45, 2.75) is 31.4 Å². The molecule has 1 saturated carbocycles. The second-order valence-corrected chi connectivity index (χ2v) is 6.87. The molecule has 1 aliphatic heterocycles. The molecule has 112 valence electrons. The molecule has 0 bridgehead atoms. The van der Waals surface area contributed by atoms with Crippen molar-refractivity contribution in [3.05, 3.63) is 34.0 Å². The van der Waals surface area contributed by atoms with E-state index in [1.165, 1.54) is 17.7 Å². The summed E-state index contributed by atoms with van der Waals surface area (Å²) in [7, 11) is 2.01. The van der Waals surface area contributed by atoms with Gasteiger partial charge < -0.3 is 4.74 Å². The highest BCUT2D eigenvalue weighted by Gasteiger charge is 2.29. The molecule has 2 aromatic rings. The number of thiophene rings is 1. The van der Waals surface area contributed by atoms with Crippen LogP contribution in [0.3, 0.4) is 0 Å². The first-order chi connectivity index (χ1) is 10.3. The fourth-order valence-corrected chi connectivity index (χ4v) is 3.55. The van der Waals surface area contributed by atoms with E-state index < -0.39 is 0 Å². The molecule has 2 fully saturated rings. The zero-order valence-corrected chi connectivity index (χ0v) is 13.1. The van der Waals surface area contributed by atoms with Gasteiger partial charge >= 0.3 is 0 Å². The van der Waals surface area contributed by atoms with Crippen LogP contribution < -0.4 is 0 Å². The van der Waals surface area contributed by atoms with Gasteiger partial charge in [-0.3, -0.25) is 9.58 Å². The van der Waals surface area contributed by atoms with Crippen LogP contribution in [-0.4, -0.2) is 39.4 Å². The Morgan fingerprint density at radius 3 is 3.10 bits per heavy atom. The van der Waals surface area contributed by atoms with E-state index in [0.29, 0.717) is 5.92 Å². The highest BCUT2D eigenvalue weighted by molar-refractivity contribution is 7.10. The predicted octanol–water partition coefficient (Wildman–Crippen LogP) is 2.33. The van der Waals surface area contributed by atoms with E-state index in [1.807, 2.05) is 11.7 Å². The Hall–Kier alpha value is -1.24. The quantitative estimate of drug-likeness (QED) is 0.869. The third-order valence-corrected chi connectivity index (χ3v) is 5.15. The van der Waals surface area contributed by atoms with E-state index in [-0.39, 0.29) is 6.10 Å². The zero-order valence-electron chi connectivity index (χ0n) is 12.2. The van der Waals surface area contributed by atoms with E-state index in [4.69, 9.17) is 9.72 Å². The largest absolute Gasteiger partial charge is 0.370 e. The Bertz CT molecular complexity index is 605. The summed E-state index contributed by atoms with van der Waals surface area (Å²) >= 11 is 1.77. The van der Waals surface area contributed by atoms with Crippen molar-refractivity contribution >= 4 is 11.3 Å². The van der Waals surface area contributed by atoms with Crippen molar-refractivity contribution < 1.29 is 4.74 Å². The molecule has 0 spiro atoms. The van der Waals surface area contributed by atoms with Gasteiger partial charge in [0.2, 0.25) is 0 Å². The molecule has 0 N–H and O–H groups in total. The molecule has 21 heavy (non-hydrogen) atoms. The van der Waals surface area contributed by atoms with Crippen molar-refractivity contribution in [1.29, 1.82) is 0 Å². The molecule has 1 atom stereocenters. The lowest BCUT2D eigenvalue weighted by atomic mass is 10.2. The Balaban J connectivity index is 1.44. The molecule has 5 nitrogen and oxygen atoms in total. The van der Waals surface area contributed by atoms with Crippen LogP contribution in [0.25, 0.3) is 0 Å². The van der Waals surface area contributed by atoms with Gasteiger partial charge in [-0.05, 0) is 24.3 Å². The number of ether oxygens (including phenoxy) is 1. The molecule has 0 aromatic carbocycles. The lowest BCUT2D eigenvalue weighted by Gasteiger charge is -2.32. The first-order valence-corrected chi connectivity index (χ1v) is 8.45. The van der Waals surface area contributed by atoms with Gasteiger partial charge in [0.15, 0.2) is 5.82 Å². The van der Waals surface area contributed by atoms with Gasteiger partial charge in [-0.1, -0.05) is 6.07 Å². The third kappa shape index (κ3) is 2.88. The number of morpholine rings is 1. The first-order valence-electron chi connectivity index (χ1n) is 7.57. The second-order valence-electron chi connectivity index (χ2n) is 5.89. The standard InChI is InChI=1S/C15H20N4OS/c1-18-14(16-15(17-18)11-4-5-11)10-19-6-7-20-12(9-19)13-3-2-8-21-13/h2-3,8,11-12H,4-7,9-10H2,1H3. The third-order valence-electron chi connectivity index (χ3n) is 4.19. The van der Waals surface area contributed by atoms with E-state index in [2.05, 4.69) is 27.5 Å². The Kier molecular flexibility index (Phi) is 3.52. The van der Waals surface area contributed by atoms with Crippen LogP contribution in [0, 0.1) is 0 Å². The molecule has 2 aromatic heterocycles. The van der Waals surface area contributed by atoms with Crippen LogP contribution in [0.1, 0.15) is 41.4 Å². The average molecular weight is 304 g/mol. The van der Waals surface area contributed by atoms with Crippen LogP contribution in [0.15, 0.2) is 17.5 Å². The van der Waals surface area contributed by atoms with E-state index >= 15 is 0 Å². The van der Waals surface area contributed by atoms with E-state index in [1.54, 1.807) is 11.3 Å². The number of aromatic nitrogens is 3. The normalized spacial score (nSPS) is 23.6. The first kappa shape index (κ1) is 13.4. The maximum Gasteiger partial charge on any atom is 0.154 e. The summed E-state index contributed by atoms with van der Waals surface area (Å²) < 4.78 is 7.85. The number of aryl methyl sites for hydroxylation is 1. The maximum absolute atomic E-state index is 5.90. The van der Waals surface area contributed by atoms with Gasteiger partial charge in [0, 0.05) is 30.9 Å². The molecule has 0 radical (unpaired) electrons.